The number of rotatable bonds is 4. The van der Waals surface area contributed by atoms with Crippen molar-refractivity contribution >= 4 is 15.7 Å². The number of aryl methyl sites for hydroxylation is 2. The van der Waals surface area contributed by atoms with E-state index in [0.717, 1.165) is 0 Å². The SMILES string of the molecule is COc1cccc(C#N)c1NS(=O)(=O)c1c(C)noc1C. The van der Waals surface area contributed by atoms with Gasteiger partial charge in [-0.2, -0.15) is 5.26 Å². The number of nitriles is 1. The predicted molar refractivity (Wildman–Crippen MR) is 74.5 cm³/mol. The zero-order valence-corrected chi connectivity index (χ0v) is 12.5. The molecule has 2 aromatic rings. The summed E-state index contributed by atoms with van der Waals surface area (Å²) in [5.41, 5.74) is 0.487. The van der Waals surface area contributed by atoms with Crippen molar-refractivity contribution in [3.8, 4) is 11.8 Å². The number of sulfonamides is 1. The predicted octanol–water partition coefficient (Wildman–Crippen LogP) is 1.97. The van der Waals surface area contributed by atoms with Gasteiger partial charge in [-0.25, -0.2) is 8.42 Å². The third-order valence-electron chi connectivity index (χ3n) is 2.84. The molecule has 0 atom stereocenters. The van der Waals surface area contributed by atoms with Crippen molar-refractivity contribution in [2.24, 2.45) is 0 Å². The molecule has 8 heteroatoms. The average molecular weight is 307 g/mol. The van der Waals surface area contributed by atoms with Crippen LogP contribution in [0.25, 0.3) is 0 Å². The van der Waals surface area contributed by atoms with Gasteiger partial charge in [0.25, 0.3) is 10.0 Å². The first-order valence-electron chi connectivity index (χ1n) is 5.93. The van der Waals surface area contributed by atoms with E-state index in [0.29, 0.717) is 0 Å². The smallest absolute Gasteiger partial charge is 0.267 e. The van der Waals surface area contributed by atoms with E-state index in [2.05, 4.69) is 9.88 Å². The van der Waals surface area contributed by atoms with Gasteiger partial charge < -0.3 is 9.26 Å². The van der Waals surface area contributed by atoms with Crippen molar-refractivity contribution in [1.29, 1.82) is 5.26 Å². The van der Waals surface area contributed by atoms with Crippen LogP contribution in [0.3, 0.4) is 0 Å². The Morgan fingerprint density at radius 2 is 2.10 bits per heavy atom. The molecular weight excluding hydrogens is 294 g/mol. The number of benzene rings is 1. The van der Waals surface area contributed by atoms with Crippen LogP contribution in [0, 0.1) is 25.2 Å². The molecule has 0 spiro atoms. The lowest BCUT2D eigenvalue weighted by molar-refractivity contribution is 0.390. The fraction of sp³-hybridized carbons (Fsp3) is 0.231. The topological polar surface area (TPSA) is 105 Å². The molecule has 0 bridgehead atoms. The Balaban J connectivity index is 2.55. The van der Waals surface area contributed by atoms with Crippen molar-refractivity contribution in [3.05, 3.63) is 35.2 Å². The van der Waals surface area contributed by atoms with Crippen LogP contribution < -0.4 is 9.46 Å². The molecule has 1 aromatic carbocycles. The average Bonchev–Trinajstić information content (AvgIpc) is 2.78. The van der Waals surface area contributed by atoms with Crippen LogP contribution in [-0.4, -0.2) is 20.7 Å². The Hall–Kier alpha value is -2.53. The summed E-state index contributed by atoms with van der Waals surface area (Å²) in [5, 5.41) is 12.7. The summed E-state index contributed by atoms with van der Waals surface area (Å²) < 4.78 is 37.3. The number of anilines is 1. The Bertz CT molecular complexity index is 799. The van der Waals surface area contributed by atoms with E-state index in [9.17, 15) is 8.42 Å². The van der Waals surface area contributed by atoms with Crippen LogP contribution in [-0.2, 0) is 10.0 Å². The van der Waals surface area contributed by atoms with Gasteiger partial charge in [-0.15, -0.1) is 0 Å². The van der Waals surface area contributed by atoms with Crippen molar-refractivity contribution in [2.75, 3.05) is 11.8 Å². The number of aromatic nitrogens is 1. The van der Waals surface area contributed by atoms with E-state index in [1.165, 1.54) is 27.0 Å². The minimum Gasteiger partial charge on any atom is -0.495 e. The summed E-state index contributed by atoms with van der Waals surface area (Å²) in [6.07, 6.45) is 0. The standard InChI is InChI=1S/C13H13N3O4S/c1-8-13(9(2)20-15-8)21(17,18)16-12-10(7-14)5-4-6-11(12)19-3/h4-6,16H,1-3H3. The number of nitrogens with zero attached hydrogens (tertiary/aromatic N) is 2. The van der Waals surface area contributed by atoms with Crippen LogP contribution >= 0.6 is 0 Å². The van der Waals surface area contributed by atoms with Gasteiger partial charge in [0, 0.05) is 0 Å². The quantitative estimate of drug-likeness (QED) is 0.925. The van der Waals surface area contributed by atoms with Crippen molar-refractivity contribution in [2.45, 2.75) is 18.7 Å². The number of ether oxygens (including phenoxy) is 1. The Kier molecular flexibility index (Phi) is 3.86. The first-order valence-corrected chi connectivity index (χ1v) is 7.42. The molecule has 0 aliphatic rings. The molecule has 1 aromatic heterocycles. The summed E-state index contributed by atoms with van der Waals surface area (Å²) >= 11 is 0. The molecule has 0 unspecified atom stereocenters. The highest BCUT2D eigenvalue weighted by atomic mass is 32.2. The summed E-state index contributed by atoms with van der Waals surface area (Å²) in [7, 11) is -2.54. The van der Waals surface area contributed by atoms with Gasteiger partial charge in [-0.1, -0.05) is 11.2 Å². The molecule has 0 amide bonds. The molecule has 1 heterocycles. The molecule has 21 heavy (non-hydrogen) atoms. The number of hydrogen-bond donors (Lipinski definition) is 1. The number of hydrogen-bond acceptors (Lipinski definition) is 6. The molecule has 0 radical (unpaired) electrons. The van der Waals surface area contributed by atoms with Gasteiger partial charge >= 0.3 is 0 Å². The maximum atomic E-state index is 12.5. The normalized spacial score (nSPS) is 11.0. The summed E-state index contributed by atoms with van der Waals surface area (Å²) in [6.45, 7) is 3.03. The Morgan fingerprint density at radius 1 is 1.38 bits per heavy atom. The van der Waals surface area contributed by atoms with Gasteiger partial charge in [0.15, 0.2) is 10.7 Å². The van der Waals surface area contributed by atoms with Crippen LogP contribution in [0.1, 0.15) is 17.0 Å². The maximum absolute atomic E-state index is 12.5. The van der Waals surface area contributed by atoms with Gasteiger partial charge in [0.1, 0.15) is 23.2 Å². The van der Waals surface area contributed by atoms with Crippen molar-refractivity contribution in [1.82, 2.24) is 5.16 Å². The molecule has 7 nitrogen and oxygen atoms in total. The minimum absolute atomic E-state index is 0.0442. The van der Waals surface area contributed by atoms with Crippen LogP contribution in [0.4, 0.5) is 5.69 Å². The van der Waals surface area contributed by atoms with E-state index in [1.54, 1.807) is 12.1 Å². The Morgan fingerprint density at radius 3 is 2.62 bits per heavy atom. The van der Waals surface area contributed by atoms with Gasteiger partial charge in [0.05, 0.1) is 12.7 Å². The fourth-order valence-electron chi connectivity index (χ4n) is 1.94. The lowest BCUT2D eigenvalue weighted by Gasteiger charge is -2.12. The van der Waals surface area contributed by atoms with E-state index in [-0.39, 0.29) is 33.4 Å². The molecule has 0 fully saturated rings. The van der Waals surface area contributed by atoms with Crippen molar-refractivity contribution in [3.63, 3.8) is 0 Å². The van der Waals surface area contributed by atoms with E-state index in [4.69, 9.17) is 14.5 Å². The summed E-state index contributed by atoms with van der Waals surface area (Å²) in [6, 6.07) is 6.58. The summed E-state index contributed by atoms with van der Waals surface area (Å²) in [4.78, 5) is -0.0442. The molecule has 0 aliphatic carbocycles. The number of nitrogens with one attached hydrogen (secondary N) is 1. The third kappa shape index (κ3) is 2.68. The monoisotopic (exact) mass is 307 g/mol. The highest BCUT2D eigenvalue weighted by molar-refractivity contribution is 7.92. The largest absolute Gasteiger partial charge is 0.495 e. The zero-order chi connectivity index (χ0) is 15.6. The molecule has 0 aliphatic heterocycles. The lowest BCUT2D eigenvalue weighted by atomic mass is 10.2. The van der Waals surface area contributed by atoms with Gasteiger partial charge in [-0.3, -0.25) is 4.72 Å². The Labute approximate surface area is 122 Å². The number of methoxy groups -OCH3 is 1. The van der Waals surface area contributed by atoms with E-state index < -0.39 is 10.0 Å². The van der Waals surface area contributed by atoms with E-state index in [1.807, 2.05) is 6.07 Å². The second kappa shape index (κ2) is 5.46. The van der Waals surface area contributed by atoms with E-state index >= 15 is 0 Å². The highest BCUT2D eigenvalue weighted by Gasteiger charge is 2.26. The molecule has 2 rings (SSSR count). The molecule has 0 saturated heterocycles. The van der Waals surface area contributed by atoms with Crippen LogP contribution in [0.5, 0.6) is 5.75 Å². The second-order valence-electron chi connectivity index (χ2n) is 4.25. The molecule has 0 saturated carbocycles. The first kappa shape index (κ1) is 14.9. The number of para-hydroxylation sites is 1. The molecule has 1 N–H and O–H groups in total. The summed E-state index contributed by atoms with van der Waals surface area (Å²) in [5.74, 6) is 0.429. The first-order chi connectivity index (χ1) is 9.90. The van der Waals surface area contributed by atoms with Crippen LogP contribution in [0.15, 0.2) is 27.6 Å². The van der Waals surface area contributed by atoms with Gasteiger partial charge in [-0.05, 0) is 26.0 Å². The van der Waals surface area contributed by atoms with Crippen molar-refractivity contribution < 1.29 is 17.7 Å². The van der Waals surface area contributed by atoms with Gasteiger partial charge in [0.2, 0.25) is 0 Å². The third-order valence-corrected chi connectivity index (χ3v) is 4.43. The molecule has 110 valence electrons. The highest BCUT2D eigenvalue weighted by Crippen LogP contribution is 2.31. The maximum Gasteiger partial charge on any atom is 0.267 e. The molecular formula is C13H13N3O4S. The fourth-order valence-corrected chi connectivity index (χ4v) is 3.37. The second-order valence-corrected chi connectivity index (χ2v) is 5.87. The lowest BCUT2D eigenvalue weighted by Crippen LogP contribution is -2.16. The minimum atomic E-state index is -3.93. The van der Waals surface area contributed by atoms with Crippen LogP contribution in [0.2, 0.25) is 0 Å². The zero-order valence-electron chi connectivity index (χ0n) is 11.7.